The summed E-state index contributed by atoms with van der Waals surface area (Å²) in [5, 5.41) is 13.6. The number of rotatable bonds is 1. The van der Waals surface area contributed by atoms with Crippen molar-refractivity contribution in [2.75, 3.05) is 0 Å². The van der Waals surface area contributed by atoms with E-state index < -0.39 is 0 Å². The SMILES string of the molecule is CCn1ncc(O)c1C(C)(C)C. The molecule has 1 N–H and O–H groups in total. The topological polar surface area (TPSA) is 38.0 Å². The normalized spacial score (nSPS) is 12.0. The Balaban J connectivity index is 3.19. The highest BCUT2D eigenvalue weighted by atomic mass is 16.3. The van der Waals surface area contributed by atoms with Crippen LogP contribution in [0.15, 0.2) is 6.20 Å². The quantitative estimate of drug-likeness (QED) is 0.695. The third-order valence-corrected chi connectivity index (χ3v) is 1.83. The minimum atomic E-state index is -0.0450. The van der Waals surface area contributed by atoms with E-state index in [1.54, 1.807) is 0 Å². The predicted octanol–water partition coefficient (Wildman–Crippen LogP) is 1.91. The lowest BCUT2D eigenvalue weighted by Crippen LogP contribution is -2.18. The monoisotopic (exact) mass is 168 g/mol. The van der Waals surface area contributed by atoms with E-state index in [2.05, 4.69) is 25.9 Å². The van der Waals surface area contributed by atoms with Gasteiger partial charge in [0.05, 0.1) is 11.9 Å². The highest BCUT2D eigenvalue weighted by Gasteiger charge is 2.22. The molecule has 0 bridgehead atoms. The summed E-state index contributed by atoms with van der Waals surface area (Å²) < 4.78 is 1.83. The highest BCUT2D eigenvalue weighted by molar-refractivity contribution is 5.29. The van der Waals surface area contributed by atoms with Crippen LogP contribution in [0.2, 0.25) is 0 Å². The van der Waals surface area contributed by atoms with Crippen molar-refractivity contribution >= 4 is 0 Å². The fourth-order valence-corrected chi connectivity index (χ4v) is 1.39. The van der Waals surface area contributed by atoms with Gasteiger partial charge in [-0.3, -0.25) is 4.68 Å². The number of hydrogen-bond donors (Lipinski definition) is 1. The molecule has 0 saturated heterocycles. The van der Waals surface area contributed by atoms with Crippen LogP contribution in [0, 0.1) is 0 Å². The largest absolute Gasteiger partial charge is 0.504 e. The minimum Gasteiger partial charge on any atom is -0.504 e. The molecule has 1 heterocycles. The summed E-state index contributed by atoms with van der Waals surface area (Å²) in [5.74, 6) is 0.296. The van der Waals surface area contributed by atoms with Crippen LogP contribution >= 0.6 is 0 Å². The van der Waals surface area contributed by atoms with Crippen molar-refractivity contribution in [3.8, 4) is 5.75 Å². The summed E-state index contributed by atoms with van der Waals surface area (Å²) in [6.45, 7) is 9.01. The standard InChI is InChI=1S/C9H16N2O/c1-5-11-8(9(2,3)4)7(12)6-10-11/h6,12H,5H2,1-4H3. The Morgan fingerprint density at radius 3 is 2.42 bits per heavy atom. The number of aromatic hydroxyl groups is 1. The molecule has 0 unspecified atom stereocenters. The second-order valence-electron chi connectivity index (χ2n) is 3.94. The Morgan fingerprint density at radius 2 is 2.08 bits per heavy atom. The molecular formula is C9H16N2O. The first kappa shape index (κ1) is 9.10. The average molecular weight is 168 g/mol. The summed E-state index contributed by atoms with van der Waals surface area (Å²) in [4.78, 5) is 0. The van der Waals surface area contributed by atoms with Crippen LogP contribution in [-0.4, -0.2) is 14.9 Å². The number of hydrogen-bond acceptors (Lipinski definition) is 2. The lowest BCUT2D eigenvalue weighted by atomic mass is 9.91. The second kappa shape index (κ2) is 2.81. The van der Waals surface area contributed by atoms with Gasteiger partial charge in [0.1, 0.15) is 0 Å². The fraction of sp³-hybridized carbons (Fsp3) is 0.667. The van der Waals surface area contributed by atoms with E-state index >= 15 is 0 Å². The molecule has 0 spiro atoms. The molecule has 68 valence electrons. The van der Waals surface area contributed by atoms with Gasteiger partial charge in [-0.1, -0.05) is 20.8 Å². The number of aromatic nitrogens is 2. The Bertz CT molecular complexity index is 271. The zero-order valence-electron chi connectivity index (χ0n) is 8.13. The smallest absolute Gasteiger partial charge is 0.157 e. The summed E-state index contributed by atoms with van der Waals surface area (Å²) in [5.41, 5.74) is 0.862. The van der Waals surface area contributed by atoms with E-state index in [1.165, 1.54) is 6.20 Å². The molecule has 0 fully saturated rings. The first-order valence-corrected chi connectivity index (χ1v) is 4.22. The molecule has 0 radical (unpaired) electrons. The van der Waals surface area contributed by atoms with E-state index in [0.717, 1.165) is 12.2 Å². The maximum Gasteiger partial charge on any atom is 0.157 e. The van der Waals surface area contributed by atoms with E-state index in [9.17, 15) is 5.11 Å². The van der Waals surface area contributed by atoms with Gasteiger partial charge in [-0.15, -0.1) is 0 Å². The highest BCUT2D eigenvalue weighted by Crippen LogP contribution is 2.29. The van der Waals surface area contributed by atoms with Gasteiger partial charge in [-0.25, -0.2) is 0 Å². The molecule has 0 aliphatic heterocycles. The van der Waals surface area contributed by atoms with Crippen molar-refractivity contribution in [1.29, 1.82) is 0 Å². The average Bonchev–Trinajstić information content (AvgIpc) is 2.29. The van der Waals surface area contributed by atoms with Crippen LogP contribution in [0.5, 0.6) is 5.75 Å². The minimum absolute atomic E-state index is 0.0450. The fourth-order valence-electron chi connectivity index (χ4n) is 1.39. The Labute approximate surface area is 73.0 Å². The van der Waals surface area contributed by atoms with Gasteiger partial charge in [0.2, 0.25) is 0 Å². The van der Waals surface area contributed by atoms with Crippen molar-refractivity contribution in [3.05, 3.63) is 11.9 Å². The Morgan fingerprint density at radius 1 is 1.50 bits per heavy atom. The first-order valence-electron chi connectivity index (χ1n) is 4.22. The molecule has 0 aromatic carbocycles. The lowest BCUT2D eigenvalue weighted by molar-refractivity contribution is 0.427. The van der Waals surface area contributed by atoms with Crippen molar-refractivity contribution in [2.45, 2.75) is 39.7 Å². The molecular weight excluding hydrogens is 152 g/mol. The van der Waals surface area contributed by atoms with Crippen molar-refractivity contribution < 1.29 is 5.11 Å². The van der Waals surface area contributed by atoms with Crippen LogP contribution < -0.4 is 0 Å². The Hall–Kier alpha value is -0.990. The summed E-state index contributed by atoms with van der Waals surface area (Å²) in [6, 6.07) is 0. The molecule has 12 heavy (non-hydrogen) atoms. The van der Waals surface area contributed by atoms with Crippen LogP contribution in [0.4, 0.5) is 0 Å². The lowest BCUT2D eigenvalue weighted by Gasteiger charge is -2.19. The van der Waals surface area contributed by atoms with E-state index in [1.807, 2.05) is 11.6 Å². The molecule has 0 aliphatic carbocycles. The Kier molecular flexibility index (Phi) is 2.13. The van der Waals surface area contributed by atoms with Crippen molar-refractivity contribution in [2.24, 2.45) is 0 Å². The van der Waals surface area contributed by atoms with E-state index in [0.29, 0.717) is 5.75 Å². The maximum atomic E-state index is 9.51. The molecule has 0 saturated carbocycles. The van der Waals surface area contributed by atoms with Gasteiger partial charge in [-0.05, 0) is 6.92 Å². The third kappa shape index (κ3) is 1.44. The predicted molar refractivity (Wildman–Crippen MR) is 48.3 cm³/mol. The molecule has 3 nitrogen and oxygen atoms in total. The van der Waals surface area contributed by atoms with Crippen LogP contribution in [0.1, 0.15) is 33.4 Å². The summed E-state index contributed by atoms with van der Waals surface area (Å²) in [7, 11) is 0. The van der Waals surface area contributed by atoms with Crippen LogP contribution in [0.25, 0.3) is 0 Å². The zero-order valence-corrected chi connectivity index (χ0v) is 8.13. The maximum absolute atomic E-state index is 9.51. The van der Waals surface area contributed by atoms with Gasteiger partial charge in [0, 0.05) is 12.0 Å². The van der Waals surface area contributed by atoms with Gasteiger partial charge in [0.25, 0.3) is 0 Å². The van der Waals surface area contributed by atoms with E-state index in [4.69, 9.17) is 0 Å². The molecule has 0 atom stereocenters. The summed E-state index contributed by atoms with van der Waals surface area (Å²) >= 11 is 0. The number of aryl methyl sites for hydroxylation is 1. The van der Waals surface area contributed by atoms with Crippen LogP contribution in [0.3, 0.4) is 0 Å². The molecule has 3 heteroatoms. The molecule has 1 aromatic rings. The third-order valence-electron chi connectivity index (χ3n) is 1.83. The van der Waals surface area contributed by atoms with Gasteiger partial charge in [0.15, 0.2) is 5.75 Å². The zero-order chi connectivity index (χ0) is 9.35. The first-order chi connectivity index (χ1) is 5.46. The second-order valence-corrected chi connectivity index (χ2v) is 3.94. The molecule has 1 rings (SSSR count). The molecule has 0 aliphatic rings. The van der Waals surface area contributed by atoms with Gasteiger partial charge < -0.3 is 5.11 Å². The molecule has 1 aromatic heterocycles. The number of nitrogens with zero attached hydrogens (tertiary/aromatic N) is 2. The van der Waals surface area contributed by atoms with Crippen molar-refractivity contribution in [3.63, 3.8) is 0 Å². The van der Waals surface area contributed by atoms with E-state index in [-0.39, 0.29) is 5.41 Å². The van der Waals surface area contributed by atoms with Gasteiger partial charge >= 0.3 is 0 Å². The van der Waals surface area contributed by atoms with Gasteiger partial charge in [-0.2, -0.15) is 5.10 Å². The summed E-state index contributed by atoms with van der Waals surface area (Å²) in [6.07, 6.45) is 1.50. The van der Waals surface area contributed by atoms with Crippen molar-refractivity contribution in [1.82, 2.24) is 9.78 Å². The van der Waals surface area contributed by atoms with Crippen LogP contribution in [-0.2, 0) is 12.0 Å². The molecule has 0 amide bonds.